The summed E-state index contributed by atoms with van der Waals surface area (Å²) in [6.07, 6.45) is 6.34. The van der Waals surface area contributed by atoms with E-state index < -0.39 is 0 Å². The van der Waals surface area contributed by atoms with Gasteiger partial charge in [0.05, 0.1) is 0 Å². The highest BCUT2D eigenvalue weighted by Crippen LogP contribution is 2.51. The average molecular weight is 459 g/mol. The molecular weight excluding hydrogens is 429 g/mol. The van der Waals surface area contributed by atoms with Crippen LogP contribution in [0.5, 0.6) is 0 Å². The normalized spacial score (nSPS) is 20.9. The number of hydrogen-bond donors (Lipinski definition) is 2. The molecule has 1 spiro atoms. The van der Waals surface area contributed by atoms with Crippen LogP contribution in [0.1, 0.15) is 54.5 Å². The van der Waals surface area contributed by atoms with E-state index in [9.17, 15) is 0 Å². The zero-order valence-electron chi connectivity index (χ0n) is 16.7. The molecule has 0 bridgehead atoms. The maximum Gasteiger partial charge on any atom is 0.140 e. The standard InChI is InChI=1S/C21H27N5.3ClH/c1-14-5-6-16-18(14)20(25-13-24-16)26-12-21(7-9-23-10-8-21)19-15(11-22)3-2-4-17(19)26;;;/h2-4,13-14,23H,5-12,22H2,1H3;3*1H/t14-;;;/m1.../s1. The Morgan fingerprint density at radius 2 is 1.93 bits per heavy atom. The van der Waals surface area contributed by atoms with Gasteiger partial charge in [0.1, 0.15) is 12.1 Å². The molecule has 3 heterocycles. The monoisotopic (exact) mass is 457 g/mol. The smallest absolute Gasteiger partial charge is 0.140 e. The van der Waals surface area contributed by atoms with Gasteiger partial charge in [-0.1, -0.05) is 19.1 Å². The molecule has 1 aromatic carbocycles. The third-order valence-corrected chi connectivity index (χ3v) is 6.70. The summed E-state index contributed by atoms with van der Waals surface area (Å²) >= 11 is 0. The zero-order valence-corrected chi connectivity index (χ0v) is 19.1. The van der Waals surface area contributed by atoms with E-state index in [1.165, 1.54) is 34.5 Å². The van der Waals surface area contributed by atoms with Gasteiger partial charge in [-0.2, -0.15) is 0 Å². The Labute approximate surface area is 191 Å². The molecule has 5 rings (SSSR count). The number of rotatable bonds is 2. The number of aryl methyl sites for hydroxylation is 1. The molecule has 5 nitrogen and oxygen atoms in total. The number of aromatic nitrogens is 2. The second kappa shape index (κ2) is 9.36. The molecule has 1 aliphatic carbocycles. The fraction of sp³-hybridized carbons (Fsp3) is 0.524. The lowest BCUT2D eigenvalue weighted by atomic mass is 9.73. The maximum absolute atomic E-state index is 6.15. The number of piperidine rings is 1. The van der Waals surface area contributed by atoms with Gasteiger partial charge in [-0.3, -0.25) is 0 Å². The Bertz CT molecular complexity index is 854. The van der Waals surface area contributed by atoms with Crippen molar-refractivity contribution in [1.82, 2.24) is 15.3 Å². The zero-order chi connectivity index (χ0) is 17.7. The summed E-state index contributed by atoms with van der Waals surface area (Å²) in [5, 5.41) is 3.53. The highest BCUT2D eigenvalue weighted by atomic mass is 35.5. The van der Waals surface area contributed by atoms with Crippen LogP contribution in [-0.4, -0.2) is 29.6 Å². The largest absolute Gasteiger partial charge is 0.326 e. The molecule has 0 saturated carbocycles. The molecular formula is C21H30Cl3N5. The fourth-order valence-corrected chi connectivity index (χ4v) is 5.40. The molecule has 1 fully saturated rings. The Balaban J connectivity index is 0.000001000. The van der Waals surface area contributed by atoms with Crippen molar-refractivity contribution in [2.24, 2.45) is 5.73 Å². The van der Waals surface area contributed by atoms with Gasteiger partial charge in [-0.15, -0.1) is 37.2 Å². The molecule has 160 valence electrons. The highest BCUT2D eigenvalue weighted by molar-refractivity contribution is 5.86. The fourth-order valence-electron chi connectivity index (χ4n) is 5.40. The number of nitrogens with zero attached hydrogens (tertiary/aromatic N) is 3. The van der Waals surface area contributed by atoms with Crippen molar-refractivity contribution in [2.45, 2.75) is 50.5 Å². The lowest BCUT2D eigenvalue weighted by molar-refractivity contribution is 0.327. The number of nitrogens with one attached hydrogen (secondary N) is 1. The quantitative estimate of drug-likeness (QED) is 0.711. The number of nitrogens with two attached hydrogens (primary N) is 1. The second-order valence-electron chi connectivity index (χ2n) is 8.13. The molecule has 0 radical (unpaired) electrons. The lowest BCUT2D eigenvalue weighted by Crippen LogP contribution is -2.43. The molecule has 0 amide bonds. The summed E-state index contributed by atoms with van der Waals surface area (Å²) < 4.78 is 0. The van der Waals surface area contributed by atoms with E-state index in [0.29, 0.717) is 12.5 Å². The molecule has 1 atom stereocenters. The van der Waals surface area contributed by atoms with E-state index >= 15 is 0 Å². The van der Waals surface area contributed by atoms with Crippen LogP contribution in [0.2, 0.25) is 0 Å². The average Bonchev–Trinajstić information content (AvgIpc) is 3.22. The number of hydrogen-bond acceptors (Lipinski definition) is 5. The molecule has 3 aliphatic rings. The third-order valence-electron chi connectivity index (χ3n) is 6.70. The summed E-state index contributed by atoms with van der Waals surface area (Å²) in [4.78, 5) is 11.8. The lowest BCUT2D eigenvalue weighted by Gasteiger charge is -2.36. The van der Waals surface area contributed by atoms with Crippen LogP contribution in [0.4, 0.5) is 11.5 Å². The van der Waals surface area contributed by atoms with Crippen LogP contribution in [0, 0.1) is 0 Å². The summed E-state index contributed by atoms with van der Waals surface area (Å²) in [5.41, 5.74) is 13.0. The SMILES string of the molecule is C[C@@H]1CCc2ncnc(N3CC4(CCNCC4)c4c(CN)cccc43)c21.Cl.Cl.Cl. The van der Waals surface area contributed by atoms with Gasteiger partial charge in [0, 0.05) is 35.4 Å². The van der Waals surface area contributed by atoms with Crippen molar-refractivity contribution in [1.29, 1.82) is 0 Å². The maximum atomic E-state index is 6.15. The van der Waals surface area contributed by atoms with Crippen molar-refractivity contribution >= 4 is 48.7 Å². The molecule has 1 aromatic heterocycles. The Kier molecular flexibility index (Phi) is 7.80. The van der Waals surface area contributed by atoms with Gasteiger partial charge in [-0.25, -0.2) is 9.97 Å². The van der Waals surface area contributed by atoms with Gasteiger partial charge in [0.25, 0.3) is 0 Å². The molecule has 8 heteroatoms. The second-order valence-corrected chi connectivity index (χ2v) is 8.13. The third kappa shape index (κ3) is 3.72. The number of benzene rings is 1. The minimum Gasteiger partial charge on any atom is -0.326 e. The number of fused-ring (bicyclic) bond motifs is 3. The van der Waals surface area contributed by atoms with Gasteiger partial charge < -0.3 is 16.0 Å². The van der Waals surface area contributed by atoms with Crippen molar-refractivity contribution in [2.75, 3.05) is 24.5 Å². The Hall–Kier alpha value is -1.11. The first kappa shape index (κ1) is 24.2. The van der Waals surface area contributed by atoms with Crippen LogP contribution < -0.4 is 16.0 Å². The molecule has 1 saturated heterocycles. The molecule has 0 unspecified atom stereocenters. The van der Waals surface area contributed by atoms with Crippen LogP contribution in [0.3, 0.4) is 0 Å². The Morgan fingerprint density at radius 1 is 1.17 bits per heavy atom. The summed E-state index contributed by atoms with van der Waals surface area (Å²) in [6, 6.07) is 6.62. The van der Waals surface area contributed by atoms with E-state index in [2.05, 4.69) is 40.3 Å². The van der Waals surface area contributed by atoms with Crippen molar-refractivity contribution in [3.8, 4) is 0 Å². The minimum atomic E-state index is 0. The van der Waals surface area contributed by atoms with Crippen LogP contribution in [0.25, 0.3) is 0 Å². The predicted octanol–water partition coefficient (Wildman–Crippen LogP) is 4.02. The van der Waals surface area contributed by atoms with Crippen LogP contribution in [0.15, 0.2) is 24.5 Å². The Morgan fingerprint density at radius 3 is 2.66 bits per heavy atom. The molecule has 3 N–H and O–H groups in total. The summed E-state index contributed by atoms with van der Waals surface area (Å²) in [7, 11) is 0. The van der Waals surface area contributed by atoms with Crippen molar-refractivity contribution < 1.29 is 0 Å². The first-order chi connectivity index (χ1) is 12.7. The van der Waals surface area contributed by atoms with Gasteiger partial charge in [-0.05, 0) is 61.9 Å². The molecule has 29 heavy (non-hydrogen) atoms. The van der Waals surface area contributed by atoms with Crippen LogP contribution >= 0.6 is 37.2 Å². The highest BCUT2D eigenvalue weighted by Gasteiger charge is 2.46. The number of anilines is 2. The first-order valence-corrected chi connectivity index (χ1v) is 9.88. The molecule has 2 aromatic rings. The summed E-state index contributed by atoms with van der Waals surface area (Å²) in [5.74, 6) is 1.66. The number of halogens is 3. The minimum absolute atomic E-state index is 0. The van der Waals surface area contributed by atoms with Crippen LogP contribution in [-0.2, 0) is 18.4 Å². The molecule has 2 aliphatic heterocycles. The van der Waals surface area contributed by atoms with Gasteiger partial charge in [0.2, 0.25) is 0 Å². The topological polar surface area (TPSA) is 67.1 Å². The van der Waals surface area contributed by atoms with E-state index in [0.717, 1.165) is 44.7 Å². The van der Waals surface area contributed by atoms with E-state index in [4.69, 9.17) is 10.7 Å². The van der Waals surface area contributed by atoms with E-state index in [1.807, 2.05) is 0 Å². The van der Waals surface area contributed by atoms with Gasteiger partial charge >= 0.3 is 0 Å². The first-order valence-electron chi connectivity index (χ1n) is 9.88. The van der Waals surface area contributed by atoms with Gasteiger partial charge in [0.15, 0.2) is 0 Å². The van der Waals surface area contributed by atoms with E-state index in [1.54, 1.807) is 6.33 Å². The van der Waals surface area contributed by atoms with Crippen molar-refractivity contribution in [3.63, 3.8) is 0 Å². The van der Waals surface area contributed by atoms with Crippen molar-refractivity contribution in [3.05, 3.63) is 46.9 Å². The van der Waals surface area contributed by atoms with E-state index in [-0.39, 0.29) is 42.6 Å². The summed E-state index contributed by atoms with van der Waals surface area (Å²) in [6.45, 7) is 6.07. The predicted molar refractivity (Wildman–Crippen MR) is 126 cm³/mol.